The number of rotatable bonds is 7. The van der Waals surface area contributed by atoms with Crippen LogP contribution in [0.3, 0.4) is 0 Å². The van der Waals surface area contributed by atoms with Gasteiger partial charge in [-0.3, -0.25) is 19.7 Å². The van der Waals surface area contributed by atoms with E-state index >= 15 is 0 Å². The molecule has 0 saturated heterocycles. The minimum absolute atomic E-state index is 0.165. The molecule has 9 nitrogen and oxygen atoms in total. The minimum Gasteiger partial charge on any atom is -0.367 e. The van der Waals surface area contributed by atoms with Crippen LogP contribution < -0.4 is 16.0 Å². The Morgan fingerprint density at radius 1 is 0.793 bits per heavy atom. The van der Waals surface area contributed by atoms with Crippen LogP contribution in [-0.4, -0.2) is 44.1 Å². The van der Waals surface area contributed by atoms with Crippen molar-refractivity contribution in [2.45, 2.75) is 0 Å². The van der Waals surface area contributed by atoms with E-state index in [-0.39, 0.29) is 5.91 Å². The maximum atomic E-state index is 12.3. The predicted molar refractivity (Wildman–Crippen MR) is 110 cm³/mol. The van der Waals surface area contributed by atoms with Crippen molar-refractivity contribution in [2.75, 3.05) is 23.7 Å². The smallest absolute Gasteiger partial charge is 0.251 e. The summed E-state index contributed by atoms with van der Waals surface area (Å²) in [6.45, 7) is 0.959. The van der Waals surface area contributed by atoms with Gasteiger partial charge in [0.2, 0.25) is 0 Å². The zero-order chi connectivity index (χ0) is 19.9. The third-order valence-electron chi connectivity index (χ3n) is 4.07. The summed E-state index contributed by atoms with van der Waals surface area (Å²) in [5.74, 6) is 1.09. The number of aromatic nitrogens is 5. The fourth-order valence-corrected chi connectivity index (χ4v) is 2.65. The van der Waals surface area contributed by atoms with Crippen molar-refractivity contribution < 1.29 is 4.79 Å². The molecular formula is C20H18N8O. The summed E-state index contributed by atoms with van der Waals surface area (Å²) in [4.78, 5) is 24.7. The van der Waals surface area contributed by atoms with E-state index in [0.29, 0.717) is 35.8 Å². The van der Waals surface area contributed by atoms with E-state index in [0.717, 1.165) is 11.2 Å². The lowest BCUT2D eigenvalue weighted by atomic mass is 10.2. The number of fused-ring (bicyclic) bond motifs is 1. The quantitative estimate of drug-likeness (QED) is 0.415. The number of nitrogens with one attached hydrogen (secondary N) is 3. The Morgan fingerprint density at radius 3 is 2.34 bits per heavy atom. The molecule has 0 aliphatic heterocycles. The van der Waals surface area contributed by atoms with Crippen LogP contribution in [0.15, 0.2) is 67.3 Å². The monoisotopic (exact) mass is 386 g/mol. The average molecular weight is 386 g/mol. The van der Waals surface area contributed by atoms with Gasteiger partial charge in [0.1, 0.15) is 5.82 Å². The topological polar surface area (TPSA) is 118 Å². The molecule has 0 bridgehead atoms. The molecule has 0 spiro atoms. The Labute approximate surface area is 166 Å². The lowest BCUT2D eigenvalue weighted by Gasteiger charge is -2.08. The summed E-state index contributed by atoms with van der Waals surface area (Å²) in [5.41, 5.74) is 2.88. The predicted octanol–water partition coefficient (Wildman–Crippen LogP) is 2.40. The highest BCUT2D eigenvalue weighted by molar-refractivity contribution is 5.97. The molecule has 9 heteroatoms. The normalized spacial score (nSPS) is 10.5. The summed E-state index contributed by atoms with van der Waals surface area (Å²) >= 11 is 0. The van der Waals surface area contributed by atoms with E-state index in [9.17, 15) is 4.79 Å². The molecule has 4 aromatic rings. The first-order chi connectivity index (χ1) is 14.3. The van der Waals surface area contributed by atoms with Gasteiger partial charge in [-0.1, -0.05) is 0 Å². The van der Waals surface area contributed by atoms with Gasteiger partial charge in [-0.15, -0.1) is 10.2 Å². The van der Waals surface area contributed by atoms with E-state index in [2.05, 4.69) is 41.1 Å². The molecule has 0 radical (unpaired) electrons. The number of hydrogen-bond acceptors (Lipinski definition) is 8. The van der Waals surface area contributed by atoms with Crippen molar-refractivity contribution in [1.82, 2.24) is 30.5 Å². The Balaban J connectivity index is 1.25. The van der Waals surface area contributed by atoms with E-state index in [1.807, 2.05) is 24.3 Å². The van der Waals surface area contributed by atoms with Crippen LogP contribution in [0.4, 0.5) is 17.3 Å². The van der Waals surface area contributed by atoms with Crippen LogP contribution in [0, 0.1) is 0 Å². The van der Waals surface area contributed by atoms with Gasteiger partial charge in [-0.25, -0.2) is 0 Å². The minimum atomic E-state index is -0.165. The molecule has 144 valence electrons. The molecule has 0 fully saturated rings. The van der Waals surface area contributed by atoms with Crippen molar-refractivity contribution in [3.05, 3.63) is 72.8 Å². The molecule has 1 aromatic carbocycles. The highest BCUT2D eigenvalue weighted by Gasteiger charge is 2.07. The summed E-state index contributed by atoms with van der Waals surface area (Å²) in [7, 11) is 0. The van der Waals surface area contributed by atoms with Gasteiger partial charge in [0.25, 0.3) is 5.91 Å². The Kier molecular flexibility index (Phi) is 5.47. The number of carbonyl (C=O) groups excluding carboxylic acids is 1. The van der Waals surface area contributed by atoms with Gasteiger partial charge in [-0.05, 0) is 42.5 Å². The number of benzene rings is 1. The summed E-state index contributed by atoms with van der Waals surface area (Å²) in [6.07, 6.45) is 6.63. The summed E-state index contributed by atoms with van der Waals surface area (Å²) in [6, 6.07) is 12.6. The summed E-state index contributed by atoms with van der Waals surface area (Å²) < 4.78 is 0. The molecule has 0 aliphatic carbocycles. The largest absolute Gasteiger partial charge is 0.367 e. The van der Waals surface area contributed by atoms with E-state index in [1.165, 1.54) is 0 Å². The van der Waals surface area contributed by atoms with E-state index in [4.69, 9.17) is 0 Å². The fourth-order valence-electron chi connectivity index (χ4n) is 2.65. The number of hydrogen-bond donors (Lipinski definition) is 3. The van der Waals surface area contributed by atoms with Crippen molar-refractivity contribution >= 4 is 34.3 Å². The number of nitrogens with zero attached hydrogens (tertiary/aromatic N) is 5. The fraction of sp³-hybridized carbons (Fsp3) is 0.100. The van der Waals surface area contributed by atoms with Crippen molar-refractivity contribution in [3.8, 4) is 0 Å². The Hall–Kier alpha value is -4.14. The second-order valence-electron chi connectivity index (χ2n) is 6.11. The van der Waals surface area contributed by atoms with Crippen LogP contribution in [0.1, 0.15) is 10.4 Å². The molecule has 0 atom stereocenters. The standard InChI is InChI=1S/C20H18N8O/c29-20(14-1-2-16-17(13-14)23-10-9-22-16)25-12-11-24-18-3-4-19(28-27-18)26-15-5-7-21-8-6-15/h1-10,13H,11-12H2,(H,24,27)(H,25,29)(H,21,26,28). The number of anilines is 3. The lowest BCUT2D eigenvalue weighted by molar-refractivity contribution is 0.0955. The molecule has 3 N–H and O–H groups in total. The van der Waals surface area contributed by atoms with Gasteiger partial charge in [-0.2, -0.15) is 0 Å². The maximum Gasteiger partial charge on any atom is 0.251 e. The highest BCUT2D eigenvalue weighted by Crippen LogP contribution is 2.13. The summed E-state index contributed by atoms with van der Waals surface area (Å²) in [5, 5.41) is 17.4. The zero-order valence-electron chi connectivity index (χ0n) is 15.4. The van der Waals surface area contributed by atoms with Crippen molar-refractivity contribution in [2.24, 2.45) is 0 Å². The molecule has 29 heavy (non-hydrogen) atoms. The third-order valence-corrected chi connectivity index (χ3v) is 4.07. The van der Waals surface area contributed by atoms with Crippen LogP contribution in [0.25, 0.3) is 11.0 Å². The Morgan fingerprint density at radius 2 is 1.55 bits per heavy atom. The van der Waals surface area contributed by atoms with Gasteiger partial charge in [0, 0.05) is 49.1 Å². The van der Waals surface area contributed by atoms with Gasteiger partial charge in [0.05, 0.1) is 11.0 Å². The molecule has 1 amide bonds. The number of pyridine rings is 1. The second kappa shape index (κ2) is 8.70. The van der Waals surface area contributed by atoms with Crippen molar-refractivity contribution in [1.29, 1.82) is 0 Å². The molecule has 4 rings (SSSR count). The molecule has 0 aliphatic rings. The second-order valence-corrected chi connectivity index (χ2v) is 6.11. The lowest BCUT2D eigenvalue weighted by Crippen LogP contribution is -2.28. The molecule has 3 heterocycles. The van der Waals surface area contributed by atoms with Crippen LogP contribution >= 0.6 is 0 Å². The average Bonchev–Trinajstić information content (AvgIpc) is 2.78. The molecule has 3 aromatic heterocycles. The first kappa shape index (κ1) is 18.2. The van der Waals surface area contributed by atoms with Gasteiger partial charge >= 0.3 is 0 Å². The van der Waals surface area contributed by atoms with Gasteiger partial charge < -0.3 is 16.0 Å². The van der Waals surface area contributed by atoms with E-state index in [1.54, 1.807) is 43.0 Å². The van der Waals surface area contributed by atoms with Crippen LogP contribution in [0.2, 0.25) is 0 Å². The molecule has 0 saturated carbocycles. The zero-order valence-corrected chi connectivity index (χ0v) is 15.4. The number of amides is 1. The first-order valence-corrected chi connectivity index (χ1v) is 9.01. The third kappa shape index (κ3) is 4.78. The SMILES string of the molecule is O=C(NCCNc1ccc(Nc2ccncc2)nn1)c1ccc2nccnc2c1. The van der Waals surface area contributed by atoms with Crippen molar-refractivity contribution in [3.63, 3.8) is 0 Å². The van der Waals surface area contributed by atoms with E-state index < -0.39 is 0 Å². The molecule has 0 unspecified atom stereocenters. The van der Waals surface area contributed by atoms with Crippen LogP contribution in [0.5, 0.6) is 0 Å². The van der Waals surface area contributed by atoms with Gasteiger partial charge in [0.15, 0.2) is 5.82 Å². The number of carbonyl (C=O) groups is 1. The molecular weight excluding hydrogens is 368 g/mol. The van der Waals surface area contributed by atoms with Crippen LogP contribution in [-0.2, 0) is 0 Å². The maximum absolute atomic E-state index is 12.3. The Bertz CT molecular complexity index is 1100. The first-order valence-electron chi connectivity index (χ1n) is 9.01. The highest BCUT2D eigenvalue weighted by atomic mass is 16.1.